The van der Waals surface area contributed by atoms with E-state index < -0.39 is 26.5 Å². The third-order valence-corrected chi connectivity index (χ3v) is 12.6. The molecule has 0 rings (SSSR count). The molecule has 2 atom stereocenters. The zero-order valence-electron chi connectivity index (χ0n) is 40.5. The molecular weight excluding hydrogens is 774 g/mol. The topological polar surface area (TPSA) is 108 Å². The van der Waals surface area contributed by atoms with Crippen LogP contribution in [0.25, 0.3) is 0 Å². The Bertz CT molecular complexity index is 990. The zero-order valence-corrected chi connectivity index (χ0v) is 41.4. The molecule has 0 heterocycles. The maximum absolute atomic E-state index is 12.7. The second-order valence-electron chi connectivity index (χ2n) is 18.9. The third-order valence-electron chi connectivity index (χ3n) is 11.6. The highest BCUT2D eigenvalue weighted by Gasteiger charge is 2.27. The van der Waals surface area contributed by atoms with Crippen molar-refractivity contribution in [1.82, 2.24) is 0 Å². The summed E-state index contributed by atoms with van der Waals surface area (Å²) in [6.45, 7) is 4.48. The lowest BCUT2D eigenvalue weighted by atomic mass is 10.0. The number of unbranched alkanes of at least 4 members (excludes halogenated alkanes) is 34. The molecule has 0 radical (unpaired) electrons. The first kappa shape index (κ1) is 59.0. The molecule has 0 aromatic carbocycles. The van der Waals surface area contributed by atoms with Crippen LogP contribution in [0.5, 0.6) is 0 Å². The average molecular weight is 875 g/mol. The van der Waals surface area contributed by atoms with Gasteiger partial charge in [-0.25, -0.2) is 4.57 Å². The van der Waals surface area contributed by atoms with Crippen LogP contribution in [-0.4, -0.2) is 74.9 Å². The molecule has 0 aliphatic rings. The summed E-state index contributed by atoms with van der Waals surface area (Å²) in [7, 11) is 1.50. The van der Waals surface area contributed by atoms with Gasteiger partial charge in [0.2, 0.25) is 0 Å². The van der Waals surface area contributed by atoms with E-state index in [0.717, 1.165) is 38.5 Å². The van der Waals surface area contributed by atoms with Crippen LogP contribution in [0.4, 0.5) is 0 Å². The van der Waals surface area contributed by atoms with Gasteiger partial charge in [-0.1, -0.05) is 232 Å². The lowest BCUT2D eigenvalue weighted by Gasteiger charge is -2.24. The molecule has 60 heavy (non-hydrogen) atoms. The number of likely N-dealkylation sites (N-methyl/N-ethyl adjacent to an activating group) is 1. The zero-order chi connectivity index (χ0) is 44.3. The summed E-state index contributed by atoms with van der Waals surface area (Å²) >= 11 is 0. The SMILES string of the molecule is CCCCCCCCCCCCCCCCCCCCCCCCCC(=O)OCC(COP(=O)(O)OCC[N+](C)(C)C)OC(=O)CCCCCCCCCCCCCCC. The standard InChI is InChI=1S/C50H100NO8P/c1-6-8-10-12-14-16-18-20-21-22-23-24-25-26-27-28-29-31-32-34-36-38-40-42-49(52)56-46-48(47-58-60(54,55)57-45-44-51(3,4)5)59-50(53)43-41-39-37-35-33-30-19-17-15-13-11-9-7-2/h48H,6-47H2,1-5H3/p+1. The van der Waals surface area contributed by atoms with Crippen LogP contribution in [0.3, 0.4) is 0 Å². The lowest BCUT2D eigenvalue weighted by Crippen LogP contribution is -2.37. The number of phosphoric acid groups is 1. The van der Waals surface area contributed by atoms with Crippen LogP contribution < -0.4 is 0 Å². The second-order valence-corrected chi connectivity index (χ2v) is 20.4. The Kier molecular flexibility index (Phi) is 42.6. The van der Waals surface area contributed by atoms with E-state index in [2.05, 4.69) is 13.8 Å². The van der Waals surface area contributed by atoms with Crippen molar-refractivity contribution in [2.75, 3.05) is 47.5 Å². The molecule has 10 heteroatoms. The van der Waals surface area contributed by atoms with Crippen LogP contribution >= 0.6 is 7.82 Å². The van der Waals surface area contributed by atoms with Gasteiger partial charge in [0, 0.05) is 12.8 Å². The highest BCUT2D eigenvalue weighted by Crippen LogP contribution is 2.43. The fraction of sp³-hybridized carbons (Fsp3) is 0.960. The Morgan fingerprint density at radius 3 is 1.07 bits per heavy atom. The predicted octanol–water partition coefficient (Wildman–Crippen LogP) is 15.1. The van der Waals surface area contributed by atoms with Crippen LogP contribution in [-0.2, 0) is 32.7 Å². The molecule has 0 saturated carbocycles. The minimum Gasteiger partial charge on any atom is -0.462 e. The van der Waals surface area contributed by atoms with Crippen molar-refractivity contribution in [2.24, 2.45) is 0 Å². The number of carbonyl (C=O) groups is 2. The van der Waals surface area contributed by atoms with E-state index >= 15 is 0 Å². The Labute approximate surface area is 372 Å². The first-order valence-electron chi connectivity index (χ1n) is 25.8. The summed E-state index contributed by atoms with van der Waals surface area (Å²) in [5.41, 5.74) is 0. The van der Waals surface area contributed by atoms with Crippen molar-refractivity contribution in [2.45, 2.75) is 264 Å². The molecular formula is C50H101NO8P+. The van der Waals surface area contributed by atoms with E-state index in [1.54, 1.807) is 0 Å². The number of carbonyl (C=O) groups excluding carboxylic acids is 2. The number of quaternary nitrogens is 1. The Balaban J connectivity index is 4.12. The maximum Gasteiger partial charge on any atom is 0.472 e. The summed E-state index contributed by atoms with van der Waals surface area (Å²) in [6.07, 6.45) is 45.9. The van der Waals surface area contributed by atoms with Crippen LogP contribution in [0, 0.1) is 0 Å². The van der Waals surface area contributed by atoms with E-state index in [4.69, 9.17) is 18.5 Å². The first-order chi connectivity index (χ1) is 29.0. The van der Waals surface area contributed by atoms with Gasteiger partial charge in [-0.3, -0.25) is 18.6 Å². The molecule has 0 bridgehead atoms. The minimum absolute atomic E-state index is 0.0370. The van der Waals surface area contributed by atoms with Gasteiger partial charge in [0.05, 0.1) is 27.7 Å². The van der Waals surface area contributed by atoms with Crippen LogP contribution in [0.2, 0.25) is 0 Å². The number of hydrogen-bond acceptors (Lipinski definition) is 7. The van der Waals surface area contributed by atoms with Gasteiger partial charge in [0.25, 0.3) is 0 Å². The quantitative estimate of drug-likeness (QED) is 0.0279. The van der Waals surface area contributed by atoms with Crippen LogP contribution in [0.1, 0.15) is 258 Å². The van der Waals surface area contributed by atoms with E-state index in [-0.39, 0.29) is 25.6 Å². The number of rotatable bonds is 48. The van der Waals surface area contributed by atoms with Gasteiger partial charge in [0.15, 0.2) is 6.10 Å². The molecule has 0 aromatic rings. The van der Waals surface area contributed by atoms with Gasteiger partial charge >= 0.3 is 19.8 Å². The minimum atomic E-state index is -4.37. The van der Waals surface area contributed by atoms with Crippen molar-refractivity contribution in [3.8, 4) is 0 Å². The molecule has 1 N–H and O–H groups in total. The van der Waals surface area contributed by atoms with Crippen LogP contribution in [0.15, 0.2) is 0 Å². The van der Waals surface area contributed by atoms with E-state index in [1.807, 2.05) is 21.1 Å². The molecule has 0 fully saturated rings. The van der Waals surface area contributed by atoms with Gasteiger partial charge in [-0.2, -0.15) is 0 Å². The lowest BCUT2D eigenvalue weighted by molar-refractivity contribution is -0.870. The van der Waals surface area contributed by atoms with E-state index in [1.165, 1.54) is 193 Å². The van der Waals surface area contributed by atoms with Gasteiger partial charge < -0.3 is 18.9 Å². The number of hydrogen-bond donors (Lipinski definition) is 1. The third kappa shape index (κ3) is 46.5. The van der Waals surface area contributed by atoms with Crippen molar-refractivity contribution in [3.05, 3.63) is 0 Å². The Morgan fingerprint density at radius 2 is 0.750 bits per heavy atom. The molecule has 0 aromatic heterocycles. The summed E-state index contributed by atoms with van der Waals surface area (Å²) < 4.78 is 34.4. The molecule has 0 amide bonds. The smallest absolute Gasteiger partial charge is 0.462 e. The first-order valence-corrected chi connectivity index (χ1v) is 27.3. The van der Waals surface area contributed by atoms with Gasteiger partial charge in [-0.05, 0) is 12.8 Å². The largest absolute Gasteiger partial charge is 0.472 e. The molecule has 2 unspecified atom stereocenters. The summed E-state index contributed by atoms with van der Waals surface area (Å²) in [5.74, 6) is -0.779. The highest BCUT2D eigenvalue weighted by atomic mass is 31.2. The van der Waals surface area contributed by atoms with Crippen molar-refractivity contribution in [1.29, 1.82) is 0 Å². The summed E-state index contributed by atoms with van der Waals surface area (Å²) in [4.78, 5) is 35.5. The van der Waals surface area contributed by atoms with Crippen molar-refractivity contribution in [3.63, 3.8) is 0 Å². The number of esters is 2. The number of phosphoric ester groups is 1. The molecule has 358 valence electrons. The predicted molar refractivity (Wildman–Crippen MR) is 252 cm³/mol. The Hall–Kier alpha value is -0.990. The fourth-order valence-corrected chi connectivity index (χ4v) is 8.35. The number of ether oxygens (including phenoxy) is 2. The normalized spacial score (nSPS) is 13.4. The summed E-state index contributed by atoms with van der Waals surface area (Å²) in [5, 5.41) is 0. The van der Waals surface area contributed by atoms with Crippen molar-refractivity contribution < 1.29 is 42.1 Å². The monoisotopic (exact) mass is 875 g/mol. The molecule has 0 aliphatic carbocycles. The second kappa shape index (κ2) is 43.3. The molecule has 0 spiro atoms. The van der Waals surface area contributed by atoms with E-state index in [0.29, 0.717) is 17.4 Å². The molecule has 0 aliphatic heterocycles. The average Bonchev–Trinajstić information content (AvgIpc) is 3.20. The van der Waals surface area contributed by atoms with Gasteiger partial charge in [-0.15, -0.1) is 0 Å². The Morgan fingerprint density at radius 1 is 0.450 bits per heavy atom. The molecule has 0 saturated heterocycles. The highest BCUT2D eigenvalue weighted by molar-refractivity contribution is 7.47. The summed E-state index contributed by atoms with van der Waals surface area (Å²) in [6, 6.07) is 0. The maximum atomic E-state index is 12.7. The van der Waals surface area contributed by atoms with E-state index in [9.17, 15) is 19.0 Å². The number of nitrogens with zero attached hydrogens (tertiary/aromatic N) is 1. The fourth-order valence-electron chi connectivity index (χ4n) is 7.61. The van der Waals surface area contributed by atoms with Crippen molar-refractivity contribution >= 4 is 19.8 Å². The van der Waals surface area contributed by atoms with Gasteiger partial charge in [0.1, 0.15) is 19.8 Å². The molecule has 9 nitrogen and oxygen atoms in total.